The number of hydrogen-bond acceptors (Lipinski definition) is 3. The second-order valence-electron chi connectivity index (χ2n) is 7.12. The summed E-state index contributed by atoms with van der Waals surface area (Å²) >= 11 is 0. The van der Waals surface area contributed by atoms with Crippen LogP contribution in [0.1, 0.15) is 28.1 Å². The average Bonchev–Trinajstić information content (AvgIpc) is 3.10. The highest BCUT2D eigenvalue weighted by Crippen LogP contribution is 2.22. The molecule has 29 heavy (non-hydrogen) atoms. The van der Waals surface area contributed by atoms with Gasteiger partial charge in [0.2, 0.25) is 5.91 Å². The lowest BCUT2D eigenvalue weighted by atomic mass is 10.1. The molecule has 1 N–H and O–H groups in total. The number of anilines is 1. The van der Waals surface area contributed by atoms with Crippen LogP contribution in [0.5, 0.6) is 0 Å². The Morgan fingerprint density at radius 2 is 1.72 bits per heavy atom. The number of hydrogen-bond donors (Lipinski definition) is 1. The first kappa shape index (κ1) is 18.7. The van der Waals surface area contributed by atoms with E-state index in [1.807, 2.05) is 60.7 Å². The molecule has 0 atom stereocenters. The molecule has 0 aliphatic heterocycles. The fourth-order valence-electron chi connectivity index (χ4n) is 3.10. The van der Waals surface area contributed by atoms with Crippen LogP contribution in [0.3, 0.4) is 0 Å². The SMILES string of the molecule is Cc1cc2nc(Cc3ccc(NC(=O)/C=C/c4ccccc4)cc3)oc2cc1C. The summed E-state index contributed by atoms with van der Waals surface area (Å²) in [5.74, 6) is 0.527. The van der Waals surface area contributed by atoms with Crippen molar-refractivity contribution in [3.8, 4) is 0 Å². The standard InChI is InChI=1S/C25H22N2O2/c1-17-14-22-23(15-18(17)2)29-25(27-22)16-20-8-11-21(12-9-20)26-24(28)13-10-19-6-4-3-5-7-19/h3-15H,16H2,1-2H3,(H,26,28)/b13-10+. The van der Waals surface area contributed by atoms with Crippen molar-refractivity contribution in [1.82, 2.24) is 4.98 Å². The zero-order valence-electron chi connectivity index (χ0n) is 16.5. The Bertz CT molecular complexity index is 1130. The van der Waals surface area contributed by atoms with Crippen molar-refractivity contribution in [2.75, 3.05) is 5.32 Å². The molecule has 1 aromatic heterocycles. The summed E-state index contributed by atoms with van der Waals surface area (Å²) < 4.78 is 5.89. The zero-order chi connectivity index (χ0) is 20.2. The summed E-state index contributed by atoms with van der Waals surface area (Å²) in [5, 5.41) is 2.87. The van der Waals surface area contributed by atoms with Gasteiger partial charge >= 0.3 is 0 Å². The highest BCUT2D eigenvalue weighted by atomic mass is 16.3. The van der Waals surface area contributed by atoms with Gasteiger partial charge in [0.05, 0.1) is 0 Å². The van der Waals surface area contributed by atoms with E-state index in [2.05, 4.69) is 30.2 Å². The minimum absolute atomic E-state index is 0.161. The minimum Gasteiger partial charge on any atom is -0.440 e. The zero-order valence-corrected chi connectivity index (χ0v) is 16.5. The summed E-state index contributed by atoms with van der Waals surface area (Å²) in [5.41, 5.74) is 6.92. The molecule has 0 unspecified atom stereocenters. The number of carbonyl (C=O) groups is 1. The van der Waals surface area contributed by atoms with E-state index in [4.69, 9.17) is 4.42 Å². The second-order valence-corrected chi connectivity index (χ2v) is 7.12. The maximum absolute atomic E-state index is 12.1. The van der Waals surface area contributed by atoms with Gasteiger partial charge in [-0.1, -0.05) is 42.5 Å². The quantitative estimate of drug-likeness (QED) is 0.451. The number of aryl methyl sites for hydroxylation is 2. The molecule has 0 radical (unpaired) electrons. The Balaban J connectivity index is 1.40. The van der Waals surface area contributed by atoms with Crippen molar-refractivity contribution < 1.29 is 9.21 Å². The highest BCUT2D eigenvalue weighted by molar-refractivity contribution is 6.01. The Hall–Kier alpha value is -3.66. The molecule has 0 saturated carbocycles. The lowest BCUT2D eigenvalue weighted by molar-refractivity contribution is -0.111. The van der Waals surface area contributed by atoms with E-state index in [-0.39, 0.29) is 5.91 Å². The molecule has 0 saturated heterocycles. The molecule has 144 valence electrons. The molecule has 1 amide bonds. The van der Waals surface area contributed by atoms with Crippen molar-refractivity contribution in [3.05, 3.63) is 101 Å². The maximum Gasteiger partial charge on any atom is 0.248 e. The molecule has 4 nitrogen and oxygen atoms in total. The van der Waals surface area contributed by atoms with Gasteiger partial charge in [0.25, 0.3) is 0 Å². The Labute approximate surface area is 169 Å². The molecule has 0 bridgehead atoms. The van der Waals surface area contributed by atoms with Crippen LogP contribution in [0, 0.1) is 13.8 Å². The van der Waals surface area contributed by atoms with Gasteiger partial charge in [-0.05, 0) is 66.4 Å². The van der Waals surface area contributed by atoms with Crippen LogP contribution < -0.4 is 5.32 Å². The van der Waals surface area contributed by atoms with E-state index in [9.17, 15) is 4.79 Å². The van der Waals surface area contributed by atoms with Gasteiger partial charge in [-0.2, -0.15) is 0 Å². The fourth-order valence-corrected chi connectivity index (χ4v) is 3.10. The topological polar surface area (TPSA) is 55.1 Å². The average molecular weight is 382 g/mol. The Morgan fingerprint density at radius 1 is 1.00 bits per heavy atom. The van der Waals surface area contributed by atoms with Crippen molar-refractivity contribution in [2.45, 2.75) is 20.3 Å². The van der Waals surface area contributed by atoms with E-state index in [1.54, 1.807) is 6.08 Å². The van der Waals surface area contributed by atoms with Crippen LogP contribution >= 0.6 is 0 Å². The van der Waals surface area contributed by atoms with Crippen molar-refractivity contribution >= 4 is 28.8 Å². The molecule has 0 spiro atoms. The number of carbonyl (C=O) groups excluding carboxylic acids is 1. The lowest BCUT2D eigenvalue weighted by Gasteiger charge is -2.03. The van der Waals surface area contributed by atoms with Crippen LogP contribution in [0.4, 0.5) is 5.69 Å². The third-order valence-electron chi connectivity index (χ3n) is 4.85. The number of oxazole rings is 1. The van der Waals surface area contributed by atoms with E-state index in [1.165, 1.54) is 17.2 Å². The normalized spacial score (nSPS) is 11.2. The molecule has 1 heterocycles. The number of aromatic nitrogens is 1. The number of amides is 1. The van der Waals surface area contributed by atoms with Crippen LogP contribution in [0.25, 0.3) is 17.2 Å². The van der Waals surface area contributed by atoms with E-state index >= 15 is 0 Å². The van der Waals surface area contributed by atoms with Gasteiger partial charge in [-0.25, -0.2) is 4.98 Å². The van der Waals surface area contributed by atoms with Gasteiger partial charge in [0.15, 0.2) is 11.5 Å². The van der Waals surface area contributed by atoms with Crippen molar-refractivity contribution in [3.63, 3.8) is 0 Å². The molecule has 3 aromatic carbocycles. The van der Waals surface area contributed by atoms with Crippen LogP contribution in [-0.4, -0.2) is 10.9 Å². The molecule has 0 fully saturated rings. The van der Waals surface area contributed by atoms with Crippen LogP contribution in [0.15, 0.2) is 77.2 Å². The lowest BCUT2D eigenvalue weighted by Crippen LogP contribution is -2.07. The summed E-state index contributed by atoms with van der Waals surface area (Å²) in [6.07, 6.45) is 3.93. The summed E-state index contributed by atoms with van der Waals surface area (Å²) in [7, 11) is 0. The number of rotatable bonds is 5. The second kappa shape index (κ2) is 8.15. The molecule has 4 rings (SSSR count). The maximum atomic E-state index is 12.1. The fraction of sp³-hybridized carbons (Fsp3) is 0.120. The predicted molar refractivity (Wildman–Crippen MR) is 117 cm³/mol. The first-order chi connectivity index (χ1) is 14.1. The monoisotopic (exact) mass is 382 g/mol. The van der Waals surface area contributed by atoms with Crippen molar-refractivity contribution in [1.29, 1.82) is 0 Å². The summed E-state index contributed by atoms with van der Waals surface area (Å²) in [6.45, 7) is 4.14. The Kier molecular flexibility index (Phi) is 5.25. The first-order valence-electron chi connectivity index (χ1n) is 9.56. The number of fused-ring (bicyclic) bond motifs is 1. The highest BCUT2D eigenvalue weighted by Gasteiger charge is 2.08. The predicted octanol–water partition coefficient (Wildman–Crippen LogP) is 5.69. The van der Waals surface area contributed by atoms with E-state index < -0.39 is 0 Å². The van der Waals surface area contributed by atoms with Gasteiger partial charge in [-0.15, -0.1) is 0 Å². The van der Waals surface area contributed by atoms with Gasteiger partial charge in [0, 0.05) is 18.2 Å². The first-order valence-corrected chi connectivity index (χ1v) is 9.56. The largest absolute Gasteiger partial charge is 0.440 e. The molecule has 0 aliphatic rings. The van der Waals surface area contributed by atoms with Crippen LogP contribution in [-0.2, 0) is 11.2 Å². The summed E-state index contributed by atoms with van der Waals surface area (Å²) in [4.78, 5) is 16.7. The van der Waals surface area contributed by atoms with Gasteiger partial charge in [0.1, 0.15) is 5.52 Å². The van der Waals surface area contributed by atoms with Crippen LogP contribution in [0.2, 0.25) is 0 Å². The number of nitrogens with zero attached hydrogens (tertiary/aromatic N) is 1. The van der Waals surface area contributed by atoms with Crippen molar-refractivity contribution in [2.24, 2.45) is 0 Å². The smallest absolute Gasteiger partial charge is 0.248 e. The van der Waals surface area contributed by atoms with Gasteiger partial charge < -0.3 is 9.73 Å². The molecular formula is C25H22N2O2. The minimum atomic E-state index is -0.161. The van der Waals surface area contributed by atoms with Gasteiger partial charge in [-0.3, -0.25) is 4.79 Å². The molecule has 0 aliphatic carbocycles. The summed E-state index contributed by atoms with van der Waals surface area (Å²) in [6, 6.07) is 21.5. The molecular weight excluding hydrogens is 360 g/mol. The number of nitrogens with one attached hydrogen (secondary N) is 1. The molecule has 4 aromatic rings. The number of benzene rings is 3. The van der Waals surface area contributed by atoms with E-state index in [0.29, 0.717) is 12.3 Å². The Morgan fingerprint density at radius 3 is 2.48 bits per heavy atom. The molecule has 4 heteroatoms. The third-order valence-corrected chi connectivity index (χ3v) is 4.85. The van der Waals surface area contributed by atoms with E-state index in [0.717, 1.165) is 27.9 Å². The third kappa shape index (κ3) is 4.61.